The molecule has 1 atom stereocenters. The molecule has 6 rings (SSSR count). The van der Waals surface area contributed by atoms with E-state index in [9.17, 15) is 20.4 Å². The van der Waals surface area contributed by atoms with Crippen LogP contribution in [0, 0.1) is 5.92 Å². The number of aromatic hydroxyl groups is 4. The first-order valence-corrected chi connectivity index (χ1v) is 14.8. The molecule has 8 heteroatoms. The van der Waals surface area contributed by atoms with Gasteiger partial charge in [0.15, 0.2) is 11.5 Å². The summed E-state index contributed by atoms with van der Waals surface area (Å²) in [6.07, 6.45) is 18.8. The molecule has 1 heterocycles. The van der Waals surface area contributed by atoms with E-state index in [1.165, 1.54) is 26.1 Å². The van der Waals surface area contributed by atoms with Gasteiger partial charge in [-0.05, 0) is 53.9 Å². The standard InChI is InChI=1S/C34H31BN2O4S/c35-29-28(30(38)32(40)33(41)31(29)39)21-13-15-22(16-14-21)34(36)37-24(19-7-2-1-3-8-19)18-17-20-9-6-12-26-27(20)23-10-4-5-11-25(23)42-26/h1-4,6-7,9-10,12-16,18-19,38-41H,5,8,11,17,35H2,(H2,36,37)/b24-18-. The highest BCUT2D eigenvalue weighted by Gasteiger charge is 2.22. The lowest BCUT2D eigenvalue weighted by molar-refractivity contribution is 0.348. The Kier molecular flexibility index (Phi) is 7.39. The molecule has 0 spiro atoms. The van der Waals surface area contributed by atoms with Gasteiger partial charge < -0.3 is 26.2 Å². The van der Waals surface area contributed by atoms with Gasteiger partial charge in [0, 0.05) is 37.7 Å². The number of nitrogens with zero attached hydrogens (tertiary/aromatic N) is 1. The first-order valence-electron chi connectivity index (χ1n) is 14.0. The molecular weight excluding hydrogens is 543 g/mol. The molecule has 6 nitrogen and oxygen atoms in total. The molecule has 1 aromatic heterocycles. The van der Waals surface area contributed by atoms with Crippen molar-refractivity contribution in [2.24, 2.45) is 16.6 Å². The van der Waals surface area contributed by atoms with E-state index in [-0.39, 0.29) is 16.9 Å². The lowest BCUT2D eigenvalue weighted by Gasteiger charge is -2.16. The Morgan fingerprint density at radius 2 is 1.76 bits per heavy atom. The number of aliphatic imine (C=N–C) groups is 1. The largest absolute Gasteiger partial charge is 0.505 e. The molecule has 1 unspecified atom stereocenters. The molecule has 0 bridgehead atoms. The second-order valence-corrected chi connectivity index (χ2v) is 11.8. The van der Waals surface area contributed by atoms with E-state index in [1.807, 2.05) is 23.5 Å². The van der Waals surface area contributed by atoms with Crippen LogP contribution in [-0.4, -0.2) is 34.1 Å². The normalized spacial score (nSPS) is 16.7. The van der Waals surface area contributed by atoms with Crippen LogP contribution in [0.3, 0.4) is 0 Å². The summed E-state index contributed by atoms with van der Waals surface area (Å²) in [6, 6.07) is 13.6. The second-order valence-electron chi connectivity index (χ2n) is 10.6. The molecule has 0 saturated heterocycles. The topological polar surface area (TPSA) is 119 Å². The molecule has 0 saturated carbocycles. The van der Waals surface area contributed by atoms with Crippen molar-refractivity contribution in [1.82, 2.24) is 0 Å². The van der Waals surface area contributed by atoms with Crippen LogP contribution >= 0.6 is 11.3 Å². The third-order valence-corrected chi connectivity index (χ3v) is 9.22. The summed E-state index contributed by atoms with van der Waals surface area (Å²) in [4.78, 5) is 6.37. The molecule has 2 aliphatic carbocycles. The van der Waals surface area contributed by atoms with Crippen LogP contribution < -0.4 is 11.2 Å². The summed E-state index contributed by atoms with van der Waals surface area (Å²) in [5, 5.41) is 41.9. The Bertz CT molecular complexity index is 1820. The summed E-state index contributed by atoms with van der Waals surface area (Å²) in [7, 11) is 1.55. The van der Waals surface area contributed by atoms with Crippen molar-refractivity contribution in [2.45, 2.75) is 25.7 Å². The van der Waals surface area contributed by atoms with Crippen LogP contribution in [0.1, 0.15) is 34.4 Å². The molecule has 2 aliphatic rings. The molecule has 0 aliphatic heterocycles. The minimum Gasteiger partial charge on any atom is -0.505 e. The van der Waals surface area contributed by atoms with Crippen molar-refractivity contribution >= 4 is 46.6 Å². The van der Waals surface area contributed by atoms with Gasteiger partial charge in [-0.3, -0.25) is 0 Å². The first kappa shape index (κ1) is 27.5. The monoisotopic (exact) mass is 574 g/mol. The summed E-state index contributed by atoms with van der Waals surface area (Å²) in [5.41, 5.74) is 11.8. The number of phenols is 4. The second kappa shape index (κ2) is 11.3. The summed E-state index contributed by atoms with van der Waals surface area (Å²) >= 11 is 1.89. The van der Waals surface area contributed by atoms with E-state index in [4.69, 9.17) is 10.7 Å². The van der Waals surface area contributed by atoms with Crippen LogP contribution in [-0.2, 0) is 12.8 Å². The lowest BCUT2D eigenvalue weighted by Crippen LogP contribution is -2.15. The number of hydrogen-bond acceptors (Lipinski definition) is 6. The average molecular weight is 575 g/mol. The van der Waals surface area contributed by atoms with Gasteiger partial charge in [0.25, 0.3) is 0 Å². The summed E-state index contributed by atoms with van der Waals surface area (Å²) in [5.74, 6) is -2.04. The lowest BCUT2D eigenvalue weighted by atomic mass is 9.84. The number of allylic oxidation sites excluding steroid dienone is 6. The Labute approximate surface area is 249 Å². The Morgan fingerprint density at radius 1 is 0.976 bits per heavy atom. The van der Waals surface area contributed by atoms with E-state index in [2.05, 4.69) is 48.6 Å². The number of rotatable bonds is 6. The van der Waals surface area contributed by atoms with Crippen LogP contribution in [0.2, 0.25) is 0 Å². The van der Waals surface area contributed by atoms with Crippen molar-refractivity contribution in [2.75, 3.05) is 0 Å². The van der Waals surface area contributed by atoms with E-state index in [1.54, 1.807) is 32.1 Å². The van der Waals surface area contributed by atoms with E-state index < -0.39 is 23.0 Å². The molecule has 4 aromatic rings. The van der Waals surface area contributed by atoms with Crippen LogP contribution in [0.15, 0.2) is 89.6 Å². The van der Waals surface area contributed by atoms with Crippen molar-refractivity contribution < 1.29 is 20.4 Å². The van der Waals surface area contributed by atoms with Gasteiger partial charge >= 0.3 is 0 Å². The number of thiophene rings is 1. The van der Waals surface area contributed by atoms with Crippen molar-refractivity contribution in [3.63, 3.8) is 0 Å². The number of hydrogen-bond donors (Lipinski definition) is 5. The maximum atomic E-state index is 10.5. The summed E-state index contributed by atoms with van der Waals surface area (Å²) in [6.45, 7) is 0. The average Bonchev–Trinajstić information content (AvgIpc) is 3.41. The number of aryl methyl sites for hydroxylation is 1. The fourth-order valence-electron chi connectivity index (χ4n) is 5.72. The van der Waals surface area contributed by atoms with E-state index >= 15 is 0 Å². The summed E-state index contributed by atoms with van der Waals surface area (Å²) < 4.78 is 1.32. The minimum absolute atomic E-state index is 0.103. The predicted octanol–water partition coefficient (Wildman–Crippen LogP) is 5.57. The minimum atomic E-state index is -0.766. The number of fused-ring (bicyclic) bond motifs is 3. The van der Waals surface area contributed by atoms with Gasteiger partial charge in [0.05, 0.1) is 0 Å². The zero-order valence-electron chi connectivity index (χ0n) is 23.2. The predicted molar refractivity (Wildman–Crippen MR) is 175 cm³/mol. The maximum Gasteiger partial charge on any atom is 0.204 e. The van der Waals surface area contributed by atoms with Crippen LogP contribution in [0.4, 0.5) is 0 Å². The highest BCUT2D eigenvalue weighted by Crippen LogP contribution is 2.46. The number of phenolic OH excluding ortho intramolecular Hbond substituents is 4. The number of nitrogens with two attached hydrogens (primary N) is 1. The van der Waals surface area contributed by atoms with Crippen molar-refractivity contribution in [3.8, 4) is 34.1 Å². The van der Waals surface area contributed by atoms with Gasteiger partial charge in [-0.15, -0.1) is 11.3 Å². The van der Waals surface area contributed by atoms with Gasteiger partial charge in [-0.2, -0.15) is 0 Å². The van der Waals surface area contributed by atoms with Gasteiger partial charge in [0.2, 0.25) is 11.5 Å². The van der Waals surface area contributed by atoms with Crippen molar-refractivity contribution in [1.29, 1.82) is 0 Å². The fourth-order valence-corrected chi connectivity index (χ4v) is 6.97. The maximum absolute atomic E-state index is 10.5. The molecule has 0 fully saturated rings. The van der Waals surface area contributed by atoms with Gasteiger partial charge in [-0.1, -0.05) is 78.9 Å². The zero-order valence-corrected chi connectivity index (χ0v) is 24.0. The molecule has 3 aromatic carbocycles. The Hall–Kier alpha value is -4.69. The molecule has 42 heavy (non-hydrogen) atoms. The molecule has 0 radical (unpaired) electrons. The molecule has 6 N–H and O–H groups in total. The highest BCUT2D eigenvalue weighted by molar-refractivity contribution is 7.19. The molecular formula is C34H31BN2O4S. The number of amidine groups is 1. The van der Waals surface area contributed by atoms with Gasteiger partial charge in [-0.25, -0.2) is 4.99 Å². The Balaban J connectivity index is 1.34. The Morgan fingerprint density at radius 3 is 2.52 bits per heavy atom. The molecule has 210 valence electrons. The van der Waals surface area contributed by atoms with E-state index in [0.717, 1.165) is 31.4 Å². The molecule has 0 amide bonds. The van der Waals surface area contributed by atoms with Crippen molar-refractivity contribution in [3.05, 3.63) is 106 Å². The van der Waals surface area contributed by atoms with E-state index in [0.29, 0.717) is 17.0 Å². The van der Waals surface area contributed by atoms with Crippen LogP contribution in [0.25, 0.3) is 27.3 Å². The first-order chi connectivity index (χ1) is 20.3. The highest BCUT2D eigenvalue weighted by atomic mass is 32.1. The SMILES string of the molecule is Bc1c(O)c(O)c(O)c(O)c1-c1ccc(/C(N)=N/C(=C\Cc2cccc3sc4c(c23)C=CCC4)C2C=CC=CC2)cc1. The smallest absolute Gasteiger partial charge is 0.204 e. The zero-order chi connectivity index (χ0) is 29.4. The fraction of sp³-hybridized carbons (Fsp3) is 0.147. The van der Waals surface area contributed by atoms with Crippen LogP contribution in [0.5, 0.6) is 23.0 Å². The number of benzene rings is 3. The third kappa shape index (κ3) is 4.99. The third-order valence-electron chi connectivity index (χ3n) is 7.99. The van der Waals surface area contributed by atoms with Gasteiger partial charge in [0.1, 0.15) is 13.7 Å². The quantitative estimate of drug-likeness (QED) is 0.0678.